The summed E-state index contributed by atoms with van der Waals surface area (Å²) in [4.78, 5) is 20.4. The minimum Gasteiger partial charge on any atom is -0.456 e. The molecule has 0 saturated carbocycles. The molecule has 0 spiro atoms. The van der Waals surface area contributed by atoms with Gasteiger partial charge in [-0.3, -0.25) is 0 Å². The van der Waals surface area contributed by atoms with Gasteiger partial charge in [0, 0.05) is 54.7 Å². The lowest BCUT2D eigenvalue weighted by atomic mass is 9.92. The normalized spacial score (nSPS) is 11.6. The molecular weight excluding hydrogens is 673 g/mol. The van der Waals surface area contributed by atoms with Crippen LogP contribution in [-0.2, 0) is 0 Å². The lowest BCUT2D eigenvalue weighted by molar-refractivity contribution is 0.669. The molecular formula is C50H30N4O. The first-order valence-electron chi connectivity index (χ1n) is 18.4. The van der Waals surface area contributed by atoms with E-state index < -0.39 is 0 Å². The number of furan rings is 1. The smallest absolute Gasteiger partial charge is 0.164 e. The third-order valence-electron chi connectivity index (χ3n) is 10.5. The van der Waals surface area contributed by atoms with Crippen molar-refractivity contribution in [2.24, 2.45) is 0 Å². The minimum atomic E-state index is 0.619. The predicted molar refractivity (Wildman–Crippen MR) is 225 cm³/mol. The van der Waals surface area contributed by atoms with Crippen LogP contribution in [0, 0.1) is 0 Å². The van der Waals surface area contributed by atoms with E-state index in [9.17, 15) is 0 Å². The molecule has 0 unspecified atom stereocenters. The molecule has 8 aromatic carbocycles. The van der Waals surface area contributed by atoms with Gasteiger partial charge in [-0.15, -0.1) is 0 Å². The van der Waals surface area contributed by atoms with Crippen molar-refractivity contribution in [3.63, 3.8) is 0 Å². The van der Waals surface area contributed by atoms with E-state index >= 15 is 0 Å². The van der Waals surface area contributed by atoms with Gasteiger partial charge in [0.1, 0.15) is 11.2 Å². The molecule has 0 aliphatic heterocycles. The standard InChI is InChI=1S/C50H30N4O/c1-3-14-33(15-4-1)48-52-49(34-16-5-2-6-17-34)54-50(53-48)35-27-25-32(26-28-35)37-21-12-23-40-44-41(29-30-43-45(44)39-20-9-10-24-42(39)55-43)47(51-46(37)40)38-22-11-18-31-13-7-8-19-36(31)38/h1-30H. The average molecular weight is 703 g/mol. The molecule has 11 aromatic rings. The van der Waals surface area contributed by atoms with Crippen LogP contribution in [0.3, 0.4) is 0 Å². The van der Waals surface area contributed by atoms with Crippen LogP contribution in [0.25, 0.3) is 111 Å². The van der Waals surface area contributed by atoms with Gasteiger partial charge < -0.3 is 4.42 Å². The van der Waals surface area contributed by atoms with Gasteiger partial charge >= 0.3 is 0 Å². The summed E-state index contributed by atoms with van der Waals surface area (Å²) >= 11 is 0. The van der Waals surface area contributed by atoms with Gasteiger partial charge in [-0.2, -0.15) is 0 Å². The fourth-order valence-electron chi connectivity index (χ4n) is 7.94. The van der Waals surface area contributed by atoms with E-state index in [0.717, 1.165) is 82.7 Å². The van der Waals surface area contributed by atoms with Crippen LogP contribution in [0.5, 0.6) is 0 Å². The molecule has 5 heteroatoms. The number of benzene rings is 8. The molecule has 0 atom stereocenters. The summed E-state index contributed by atoms with van der Waals surface area (Å²) in [5.74, 6) is 1.89. The lowest BCUT2D eigenvalue weighted by Gasteiger charge is -2.15. The Bertz CT molecular complexity index is 3180. The monoisotopic (exact) mass is 702 g/mol. The maximum Gasteiger partial charge on any atom is 0.164 e. The van der Waals surface area contributed by atoms with Gasteiger partial charge in [0.25, 0.3) is 0 Å². The van der Waals surface area contributed by atoms with Crippen molar-refractivity contribution in [3.05, 3.63) is 182 Å². The van der Waals surface area contributed by atoms with Gasteiger partial charge in [-0.25, -0.2) is 19.9 Å². The van der Waals surface area contributed by atoms with Crippen molar-refractivity contribution in [3.8, 4) is 56.5 Å². The molecule has 3 aromatic heterocycles. The fraction of sp³-hybridized carbons (Fsp3) is 0. The molecule has 0 fully saturated rings. The van der Waals surface area contributed by atoms with Crippen molar-refractivity contribution < 1.29 is 4.42 Å². The number of rotatable bonds is 5. The molecule has 11 rings (SSSR count). The second-order valence-corrected chi connectivity index (χ2v) is 13.8. The Balaban J connectivity index is 1.13. The largest absolute Gasteiger partial charge is 0.456 e. The van der Waals surface area contributed by atoms with Crippen LogP contribution >= 0.6 is 0 Å². The average Bonchev–Trinajstić information content (AvgIpc) is 3.65. The van der Waals surface area contributed by atoms with Crippen LogP contribution in [0.4, 0.5) is 0 Å². The summed E-state index contributed by atoms with van der Waals surface area (Å²) in [5, 5.41) is 7.85. The zero-order valence-corrected chi connectivity index (χ0v) is 29.5. The van der Waals surface area contributed by atoms with Crippen molar-refractivity contribution in [1.29, 1.82) is 0 Å². The second kappa shape index (κ2) is 12.6. The van der Waals surface area contributed by atoms with Crippen molar-refractivity contribution in [2.45, 2.75) is 0 Å². The highest BCUT2D eigenvalue weighted by Crippen LogP contribution is 2.44. The molecule has 0 saturated heterocycles. The van der Waals surface area contributed by atoms with Gasteiger partial charge in [-0.1, -0.05) is 164 Å². The van der Waals surface area contributed by atoms with E-state index in [1.165, 1.54) is 10.8 Å². The number of fused-ring (bicyclic) bond motifs is 8. The summed E-state index contributed by atoms with van der Waals surface area (Å²) in [6, 6.07) is 62.7. The number of aromatic nitrogens is 4. The highest BCUT2D eigenvalue weighted by molar-refractivity contribution is 6.29. The SMILES string of the molecule is c1ccc(-c2nc(-c3ccccc3)nc(-c3ccc(-c4cccc5c4nc(-c4cccc6ccccc46)c4ccc6oc7ccccc7c6c45)cc3)n2)cc1. The fourth-order valence-corrected chi connectivity index (χ4v) is 7.94. The van der Waals surface area contributed by atoms with Crippen molar-refractivity contribution >= 4 is 54.4 Å². The quantitative estimate of drug-likeness (QED) is 0.167. The molecule has 3 heterocycles. The van der Waals surface area contributed by atoms with E-state index in [2.05, 4.69) is 109 Å². The molecule has 0 aliphatic rings. The van der Waals surface area contributed by atoms with Crippen LogP contribution in [-0.4, -0.2) is 19.9 Å². The zero-order chi connectivity index (χ0) is 36.3. The Morgan fingerprint density at radius 1 is 0.309 bits per heavy atom. The Morgan fingerprint density at radius 2 is 0.855 bits per heavy atom. The first kappa shape index (κ1) is 31.1. The molecule has 0 N–H and O–H groups in total. The number of hydrogen-bond acceptors (Lipinski definition) is 5. The Hall–Kier alpha value is -7.50. The Morgan fingerprint density at radius 3 is 1.58 bits per heavy atom. The van der Waals surface area contributed by atoms with E-state index in [4.69, 9.17) is 24.4 Å². The first-order valence-corrected chi connectivity index (χ1v) is 18.4. The maximum atomic E-state index is 6.43. The Labute approximate surface area is 316 Å². The van der Waals surface area contributed by atoms with E-state index in [1.807, 2.05) is 72.8 Å². The van der Waals surface area contributed by atoms with E-state index in [-0.39, 0.29) is 0 Å². The van der Waals surface area contributed by atoms with Gasteiger partial charge in [0.15, 0.2) is 17.5 Å². The predicted octanol–water partition coefficient (Wildman–Crippen LogP) is 13.0. The van der Waals surface area contributed by atoms with Gasteiger partial charge in [-0.05, 0) is 34.5 Å². The molecule has 256 valence electrons. The minimum absolute atomic E-state index is 0.619. The third-order valence-corrected chi connectivity index (χ3v) is 10.5. The third kappa shape index (κ3) is 5.17. The molecule has 0 radical (unpaired) electrons. The number of pyridine rings is 1. The summed E-state index contributed by atoms with van der Waals surface area (Å²) in [6.07, 6.45) is 0. The summed E-state index contributed by atoms with van der Waals surface area (Å²) in [7, 11) is 0. The lowest BCUT2D eigenvalue weighted by Crippen LogP contribution is -2.00. The van der Waals surface area contributed by atoms with Crippen LogP contribution in [0.15, 0.2) is 186 Å². The summed E-state index contributed by atoms with van der Waals surface area (Å²) in [6.45, 7) is 0. The van der Waals surface area contributed by atoms with Crippen LogP contribution in [0.1, 0.15) is 0 Å². The van der Waals surface area contributed by atoms with Crippen molar-refractivity contribution in [1.82, 2.24) is 19.9 Å². The van der Waals surface area contributed by atoms with Crippen LogP contribution < -0.4 is 0 Å². The maximum absolute atomic E-state index is 6.43. The molecule has 0 amide bonds. The molecule has 55 heavy (non-hydrogen) atoms. The number of hydrogen-bond donors (Lipinski definition) is 0. The van der Waals surface area contributed by atoms with Crippen LogP contribution in [0.2, 0.25) is 0 Å². The highest BCUT2D eigenvalue weighted by Gasteiger charge is 2.20. The first-order chi connectivity index (χ1) is 27.3. The highest BCUT2D eigenvalue weighted by atomic mass is 16.3. The molecule has 5 nitrogen and oxygen atoms in total. The summed E-state index contributed by atoms with van der Waals surface area (Å²) < 4.78 is 6.43. The van der Waals surface area contributed by atoms with E-state index in [1.54, 1.807) is 0 Å². The second-order valence-electron chi connectivity index (χ2n) is 13.8. The number of nitrogens with zero attached hydrogens (tertiary/aromatic N) is 4. The van der Waals surface area contributed by atoms with Gasteiger partial charge in [0.2, 0.25) is 0 Å². The zero-order valence-electron chi connectivity index (χ0n) is 29.5. The van der Waals surface area contributed by atoms with Gasteiger partial charge in [0.05, 0.1) is 11.2 Å². The molecule has 0 aliphatic carbocycles. The topological polar surface area (TPSA) is 64.7 Å². The molecule has 0 bridgehead atoms. The number of para-hydroxylation sites is 2. The summed E-state index contributed by atoms with van der Waals surface area (Å²) in [5.41, 5.74) is 9.59. The Kier molecular flexibility index (Phi) is 7.10. The van der Waals surface area contributed by atoms with Crippen molar-refractivity contribution in [2.75, 3.05) is 0 Å². The van der Waals surface area contributed by atoms with E-state index in [0.29, 0.717) is 17.5 Å².